The number of amides is 1. The van der Waals surface area contributed by atoms with Crippen LogP contribution < -0.4 is 11.1 Å². The monoisotopic (exact) mass is 370 g/mol. The minimum Gasteiger partial charge on any atom is -0.325 e. The van der Waals surface area contributed by atoms with E-state index in [0.717, 1.165) is 17.7 Å². The third-order valence-corrected chi connectivity index (χ3v) is 4.12. The zero-order valence-corrected chi connectivity index (χ0v) is 14.2. The van der Waals surface area contributed by atoms with Crippen molar-refractivity contribution in [1.82, 2.24) is 0 Å². The van der Waals surface area contributed by atoms with E-state index in [0.29, 0.717) is 11.4 Å². The molecule has 0 saturated carbocycles. The summed E-state index contributed by atoms with van der Waals surface area (Å²) < 4.78 is 37.6. The van der Waals surface area contributed by atoms with E-state index in [2.05, 4.69) is 5.32 Å². The van der Waals surface area contributed by atoms with Gasteiger partial charge in [0.05, 0.1) is 11.6 Å². The molecule has 0 bridgehead atoms. The Balaban J connectivity index is 1.96. The first-order chi connectivity index (χ1) is 11.7. The van der Waals surface area contributed by atoms with Crippen molar-refractivity contribution >= 4 is 23.2 Å². The maximum Gasteiger partial charge on any atom is 0.416 e. The molecule has 0 spiro atoms. The van der Waals surface area contributed by atoms with E-state index in [4.69, 9.17) is 17.3 Å². The van der Waals surface area contributed by atoms with Gasteiger partial charge in [0.2, 0.25) is 5.91 Å². The van der Waals surface area contributed by atoms with Gasteiger partial charge in [0, 0.05) is 10.7 Å². The van der Waals surface area contributed by atoms with E-state index < -0.39 is 23.7 Å². The van der Waals surface area contributed by atoms with Crippen LogP contribution in [0.25, 0.3) is 0 Å². The zero-order valence-electron chi connectivity index (χ0n) is 13.5. The van der Waals surface area contributed by atoms with E-state index in [9.17, 15) is 18.0 Å². The normalized spacial score (nSPS) is 14.0. The Morgan fingerprint density at radius 1 is 1.12 bits per heavy atom. The van der Waals surface area contributed by atoms with Gasteiger partial charge in [-0.2, -0.15) is 13.2 Å². The highest BCUT2D eigenvalue weighted by Crippen LogP contribution is 2.29. The lowest BCUT2D eigenvalue weighted by molar-refractivity contribution is -0.137. The molecule has 0 aromatic heterocycles. The maximum absolute atomic E-state index is 12.5. The molecule has 0 saturated heterocycles. The van der Waals surface area contributed by atoms with Crippen LogP contribution in [-0.4, -0.2) is 11.9 Å². The molecule has 2 atom stereocenters. The van der Waals surface area contributed by atoms with E-state index in [-0.39, 0.29) is 11.6 Å². The Morgan fingerprint density at radius 3 is 2.20 bits per heavy atom. The van der Waals surface area contributed by atoms with Crippen molar-refractivity contribution in [2.24, 2.45) is 11.7 Å². The second-order valence-corrected chi connectivity index (χ2v) is 6.33. The SMILES string of the molecule is CC(Cc1ccc(Cl)cc1)[C@H](N)C(=O)Nc1ccc(C(F)(F)F)cc1. The second kappa shape index (κ2) is 7.89. The number of anilines is 1. The van der Waals surface area contributed by atoms with Gasteiger partial charge in [0.25, 0.3) is 0 Å². The second-order valence-electron chi connectivity index (χ2n) is 5.90. The van der Waals surface area contributed by atoms with Gasteiger partial charge >= 0.3 is 6.18 Å². The molecule has 0 aliphatic heterocycles. The van der Waals surface area contributed by atoms with Crippen molar-refractivity contribution < 1.29 is 18.0 Å². The van der Waals surface area contributed by atoms with Gasteiger partial charge in [-0.1, -0.05) is 30.7 Å². The summed E-state index contributed by atoms with van der Waals surface area (Å²) in [4.78, 5) is 12.2. The Hall–Kier alpha value is -2.05. The first-order valence-corrected chi connectivity index (χ1v) is 8.03. The first-order valence-electron chi connectivity index (χ1n) is 7.65. The van der Waals surface area contributed by atoms with Crippen molar-refractivity contribution in [2.75, 3.05) is 5.32 Å². The Morgan fingerprint density at radius 2 is 1.68 bits per heavy atom. The smallest absolute Gasteiger partial charge is 0.325 e. The zero-order chi connectivity index (χ0) is 18.6. The molecular weight excluding hydrogens is 353 g/mol. The van der Waals surface area contributed by atoms with Crippen LogP contribution in [-0.2, 0) is 17.4 Å². The van der Waals surface area contributed by atoms with E-state index in [1.54, 1.807) is 12.1 Å². The molecule has 1 unspecified atom stereocenters. The number of alkyl halides is 3. The Kier molecular flexibility index (Phi) is 6.08. The predicted molar refractivity (Wildman–Crippen MR) is 92.4 cm³/mol. The molecule has 134 valence electrons. The van der Waals surface area contributed by atoms with E-state index in [1.807, 2.05) is 19.1 Å². The molecule has 2 rings (SSSR count). The minimum absolute atomic E-state index is 0.157. The van der Waals surface area contributed by atoms with Gasteiger partial charge in [-0.25, -0.2) is 0 Å². The van der Waals surface area contributed by atoms with Crippen LogP contribution in [0.2, 0.25) is 5.02 Å². The van der Waals surface area contributed by atoms with Crippen LogP contribution in [0.5, 0.6) is 0 Å². The average Bonchev–Trinajstić information content (AvgIpc) is 2.55. The van der Waals surface area contributed by atoms with Gasteiger partial charge in [0.15, 0.2) is 0 Å². The third kappa shape index (κ3) is 5.47. The fourth-order valence-electron chi connectivity index (χ4n) is 2.35. The van der Waals surface area contributed by atoms with Crippen LogP contribution >= 0.6 is 11.6 Å². The molecule has 3 nitrogen and oxygen atoms in total. The third-order valence-electron chi connectivity index (χ3n) is 3.87. The Bertz CT molecular complexity index is 715. The number of nitrogens with two attached hydrogens (primary N) is 1. The Labute approximate surface area is 149 Å². The number of carbonyl (C=O) groups is 1. The summed E-state index contributed by atoms with van der Waals surface area (Å²) >= 11 is 5.83. The van der Waals surface area contributed by atoms with Crippen molar-refractivity contribution in [3.8, 4) is 0 Å². The summed E-state index contributed by atoms with van der Waals surface area (Å²) in [6.45, 7) is 1.84. The topological polar surface area (TPSA) is 55.1 Å². The van der Waals surface area contributed by atoms with Gasteiger partial charge in [-0.3, -0.25) is 4.79 Å². The summed E-state index contributed by atoms with van der Waals surface area (Å²) in [5.41, 5.74) is 6.46. The minimum atomic E-state index is -4.41. The van der Waals surface area contributed by atoms with Crippen LogP contribution in [0, 0.1) is 5.92 Å². The average molecular weight is 371 g/mol. The standard InChI is InChI=1S/C18H18ClF3N2O/c1-11(10-12-2-6-14(19)7-3-12)16(23)17(25)24-15-8-4-13(5-9-15)18(20,21)22/h2-9,11,16H,10,23H2,1H3,(H,24,25)/t11?,16-/m0/s1. The fourth-order valence-corrected chi connectivity index (χ4v) is 2.47. The molecule has 0 aliphatic carbocycles. The van der Waals surface area contributed by atoms with E-state index in [1.165, 1.54) is 12.1 Å². The van der Waals surface area contributed by atoms with Crippen molar-refractivity contribution in [3.05, 3.63) is 64.7 Å². The fraction of sp³-hybridized carbons (Fsp3) is 0.278. The number of rotatable bonds is 5. The summed E-state index contributed by atoms with van der Waals surface area (Å²) in [5, 5.41) is 3.17. The van der Waals surface area contributed by atoms with Crippen molar-refractivity contribution in [3.63, 3.8) is 0 Å². The van der Waals surface area contributed by atoms with Crippen LogP contribution in [0.3, 0.4) is 0 Å². The highest BCUT2D eigenvalue weighted by atomic mass is 35.5. The number of benzene rings is 2. The molecular formula is C18H18ClF3N2O. The summed E-state index contributed by atoms with van der Waals surface area (Å²) in [6, 6.07) is 10.7. The summed E-state index contributed by atoms with van der Waals surface area (Å²) in [5.74, 6) is -0.600. The van der Waals surface area contributed by atoms with Gasteiger partial charge < -0.3 is 11.1 Å². The number of nitrogens with one attached hydrogen (secondary N) is 1. The van der Waals surface area contributed by atoms with Gasteiger partial charge in [-0.15, -0.1) is 0 Å². The quantitative estimate of drug-likeness (QED) is 0.814. The lowest BCUT2D eigenvalue weighted by Gasteiger charge is -2.19. The van der Waals surface area contributed by atoms with Crippen molar-refractivity contribution in [1.29, 1.82) is 0 Å². The summed E-state index contributed by atoms with van der Waals surface area (Å²) in [7, 11) is 0. The van der Waals surface area contributed by atoms with Crippen molar-refractivity contribution in [2.45, 2.75) is 25.6 Å². The molecule has 0 radical (unpaired) electrons. The largest absolute Gasteiger partial charge is 0.416 e. The number of hydrogen-bond acceptors (Lipinski definition) is 2. The molecule has 2 aromatic carbocycles. The highest BCUT2D eigenvalue weighted by Gasteiger charge is 2.30. The molecule has 7 heteroatoms. The highest BCUT2D eigenvalue weighted by molar-refractivity contribution is 6.30. The molecule has 3 N–H and O–H groups in total. The molecule has 0 heterocycles. The molecule has 2 aromatic rings. The number of halogens is 4. The predicted octanol–water partition coefficient (Wildman–Crippen LogP) is 4.50. The van der Waals surface area contributed by atoms with Crippen LogP contribution in [0.1, 0.15) is 18.1 Å². The van der Waals surface area contributed by atoms with Gasteiger partial charge in [0.1, 0.15) is 0 Å². The summed E-state index contributed by atoms with van der Waals surface area (Å²) in [6.07, 6.45) is -3.83. The number of carbonyl (C=O) groups excluding carboxylic acids is 1. The van der Waals surface area contributed by atoms with Crippen LogP contribution in [0.15, 0.2) is 48.5 Å². The van der Waals surface area contributed by atoms with Gasteiger partial charge in [-0.05, 0) is 54.3 Å². The molecule has 1 amide bonds. The lowest BCUT2D eigenvalue weighted by Crippen LogP contribution is -2.41. The maximum atomic E-state index is 12.5. The molecule has 0 aliphatic rings. The van der Waals surface area contributed by atoms with E-state index >= 15 is 0 Å². The first kappa shape index (κ1) is 19.3. The lowest BCUT2D eigenvalue weighted by atomic mass is 9.94. The van der Waals surface area contributed by atoms with Crippen LogP contribution in [0.4, 0.5) is 18.9 Å². The molecule has 25 heavy (non-hydrogen) atoms. The number of hydrogen-bond donors (Lipinski definition) is 2. The molecule has 0 fully saturated rings.